The van der Waals surface area contributed by atoms with Crippen molar-refractivity contribution in [1.82, 2.24) is 0 Å². The molecule has 1 aromatic rings. The maximum atomic E-state index is 5.84. The van der Waals surface area contributed by atoms with Gasteiger partial charge in [-0.1, -0.05) is 31.5 Å². The Morgan fingerprint density at radius 2 is 1.81 bits per heavy atom. The molecule has 1 aliphatic rings. The molecule has 1 heterocycles. The van der Waals surface area contributed by atoms with E-state index in [1.54, 1.807) is 0 Å². The Morgan fingerprint density at radius 3 is 2.38 bits per heavy atom. The first-order valence-corrected chi connectivity index (χ1v) is 6.03. The van der Waals surface area contributed by atoms with Gasteiger partial charge in [0.2, 0.25) is 0 Å². The third-order valence-corrected chi connectivity index (χ3v) is 3.28. The van der Waals surface area contributed by atoms with Crippen LogP contribution >= 0.6 is 0 Å². The van der Waals surface area contributed by atoms with E-state index in [4.69, 9.17) is 9.47 Å². The molecule has 2 rings (SSSR count). The summed E-state index contributed by atoms with van der Waals surface area (Å²) < 4.78 is 11.7. The lowest BCUT2D eigenvalue weighted by atomic mass is 9.97. The van der Waals surface area contributed by atoms with Gasteiger partial charge in [0.1, 0.15) is 0 Å². The Balaban J connectivity index is 2.35. The van der Waals surface area contributed by atoms with Crippen LogP contribution in [-0.2, 0) is 15.3 Å². The van der Waals surface area contributed by atoms with E-state index < -0.39 is 5.79 Å². The van der Waals surface area contributed by atoms with Crippen LogP contribution < -0.4 is 0 Å². The minimum Gasteiger partial charge on any atom is -0.343 e. The van der Waals surface area contributed by atoms with E-state index >= 15 is 0 Å². The molecule has 0 aromatic heterocycles. The van der Waals surface area contributed by atoms with E-state index in [2.05, 4.69) is 39.0 Å². The van der Waals surface area contributed by atoms with Crippen molar-refractivity contribution >= 4 is 0 Å². The number of hydrogen-bond donors (Lipinski definition) is 0. The summed E-state index contributed by atoms with van der Waals surface area (Å²) in [5, 5.41) is 0. The van der Waals surface area contributed by atoms with Gasteiger partial charge in [0.15, 0.2) is 5.79 Å². The second-order valence-electron chi connectivity index (χ2n) is 4.50. The van der Waals surface area contributed by atoms with Gasteiger partial charge in [-0.3, -0.25) is 0 Å². The van der Waals surface area contributed by atoms with Crippen LogP contribution in [0.5, 0.6) is 0 Å². The van der Waals surface area contributed by atoms with E-state index in [1.165, 1.54) is 11.1 Å². The molecule has 1 saturated heterocycles. The lowest BCUT2D eigenvalue weighted by molar-refractivity contribution is -0.171. The Morgan fingerprint density at radius 1 is 1.12 bits per heavy atom. The highest BCUT2D eigenvalue weighted by Crippen LogP contribution is 2.36. The third kappa shape index (κ3) is 2.00. The van der Waals surface area contributed by atoms with Crippen LogP contribution in [0.1, 0.15) is 36.5 Å². The average molecular weight is 220 g/mol. The van der Waals surface area contributed by atoms with Gasteiger partial charge in [0.05, 0.1) is 13.2 Å². The van der Waals surface area contributed by atoms with E-state index in [-0.39, 0.29) is 0 Å². The Kier molecular flexibility index (Phi) is 3.31. The summed E-state index contributed by atoms with van der Waals surface area (Å²) in [4.78, 5) is 0. The molecule has 0 bridgehead atoms. The van der Waals surface area contributed by atoms with Gasteiger partial charge in [-0.05, 0) is 25.0 Å². The van der Waals surface area contributed by atoms with Crippen LogP contribution in [0.2, 0.25) is 0 Å². The van der Waals surface area contributed by atoms with Crippen molar-refractivity contribution in [3.8, 4) is 0 Å². The molecule has 1 aliphatic heterocycles. The van der Waals surface area contributed by atoms with Crippen molar-refractivity contribution in [2.24, 2.45) is 0 Å². The highest BCUT2D eigenvalue weighted by Gasteiger charge is 2.37. The van der Waals surface area contributed by atoms with Crippen molar-refractivity contribution in [3.05, 3.63) is 34.9 Å². The molecule has 0 spiro atoms. The SMILES string of the molecule is CCCC1(c2ccc(C)c(C)c2)OCCO1. The minimum atomic E-state index is -0.479. The zero-order valence-corrected chi connectivity index (χ0v) is 10.4. The molecule has 16 heavy (non-hydrogen) atoms. The Bertz CT molecular complexity index is 365. The molecule has 1 fully saturated rings. The lowest BCUT2D eigenvalue weighted by Gasteiger charge is -2.28. The fraction of sp³-hybridized carbons (Fsp3) is 0.571. The quantitative estimate of drug-likeness (QED) is 0.778. The van der Waals surface area contributed by atoms with Gasteiger partial charge in [0, 0.05) is 12.0 Å². The molecule has 88 valence electrons. The van der Waals surface area contributed by atoms with Crippen LogP contribution in [0.4, 0.5) is 0 Å². The van der Waals surface area contributed by atoms with E-state index in [1.807, 2.05) is 0 Å². The molecule has 0 amide bonds. The molecular weight excluding hydrogens is 200 g/mol. The molecule has 0 saturated carbocycles. The summed E-state index contributed by atoms with van der Waals surface area (Å²) in [7, 11) is 0. The van der Waals surface area contributed by atoms with Gasteiger partial charge < -0.3 is 9.47 Å². The van der Waals surface area contributed by atoms with Crippen LogP contribution in [-0.4, -0.2) is 13.2 Å². The predicted molar refractivity (Wildman–Crippen MR) is 64.4 cm³/mol. The number of benzene rings is 1. The van der Waals surface area contributed by atoms with Crippen LogP contribution in [0.25, 0.3) is 0 Å². The predicted octanol–water partition coefficient (Wildman–Crippen LogP) is 3.30. The monoisotopic (exact) mass is 220 g/mol. The molecule has 0 aliphatic carbocycles. The maximum absolute atomic E-state index is 5.84. The lowest BCUT2D eigenvalue weighted by Crippen LogP contribution is -2.27. The summed E-state index contributed by atoms with van der Waals surface area (Å²) in [6.45, 7) is 7.82. The van der Waals surface area contributed by atoms with Gasteiger partial charge in [-0.25, -0.2) is 0 Å². The van der Waals surface area contributed by atoms with Gasteiger partial charge in [-0.15, -0.1) is 0 Å². The van der Waals surface area contributed by atoms with Crippen LogP contribution in [0.3, 0.4) is 0 Å². The maximum Gasteiger partial charge on any atom is 0.194 e. The summed E-state index contributed by atoms with van der Waals surface area (Å²) in [6, 6.07) is 6.47. The number of rotatable bonds is 3. The molecule has 2 heteroatoms. The van der Waals surface area contributed by atoms with Gasteiger partial charge >= 0.3 is 0 Å². The first-order valence-electron chi connectivity index (χ1n) is 6.03. The molecule has 2 nitrogen and oxygen atoms in total. The average Bonchev–Trinajstić information content (AvgIpc) is 2.72. The van der Waals surface area contributed by atoms with E-state index in [9.17, 15) is 0 Å². The summed E-state index contributed by atoms with van der Waals surface area (Å²) >= 11 is 0. The molecule has 1 aromatic carbocycles. The molecular formula is C14H20O2. The highest BCUT2D eigenvalue weighted by atomic mass is 16.7. The van der Waals surface area contributed by atoms with Crippen molar-refractivity contribution in [3.63, 3.8) is 0 Å². The van der Waals surface area contributed by atoms with Crippen molar-refractivity contribution < 1.29 is 9.47 Å². The molecule has 0 N–H and O–H groups in total. The van der Waals surface area contributed by atoms with Crippen LogP contribution in [0.15, 0.2) is 18.2 Å². The van der Waals surface area contributed by atoms with Crippen LogP contribution in [0, 0.1) is 13.8 Å². The minimum absolute atomic E-state index is 0.479. The molecule has 0 atom stereocenters. The zero-order chi connectivity index (χ0) is 11.6. The molecule has 0 radical (unpaired) electrons. The zero-order valence-electron chi connectivity index (χ0n) is 10.4. The van der Waals surface area contributed by atoms with Crippen molar-refractivity contribution in [2.75, 3.05) is 13.2 Å². The second kappa shape index (κ2) is 4.56. The first-order chi connectivity index (χ1) is 7.68. The number of hydrogen-bond acceptors (Lipinski definition) is 2. The summed E-state index contributed by atoms with van der Waals surface area (Å²) in [5.41, 5.74) is 3.77. The fourth-order valence-electron chi connectivity index (χ4n) is 2.22. The van der Waals surface area contributed by atoms with Gasteiger partial charge in [-0.2, -0.15) is 0 Å². The Hall–Kier alpha value is -0.860. The normalized spacial score (nSPS) is 18.9. The fourth-order valence-corrected chi connectivity index (χ4v) is 2.22. The third-order valence-electron chi connectivity index (χ3n) is 3.28. The van der Waals surface area contributed by atoms with E-state index in [0.717, 1.165) is 18.4 Å². The topological polar surface area (TPSA) is 18.5 Å². The highest BCUT2D eigenvalue weighted by molar-refractivity contribution is 5.32. The molecule has 0 unspecified atom stereocenters. The summed E-state index contributed by atoms with van der Waals surface area (Å²) in [5.74, 6) is -0.479. The Labute approximate surface area is 97.6 Å². The number of ether oxygens (including phenoxy) is 2. The van der Waals surface area contributed by atoms with E-state index in [0.29, 0.717) is 13.2 Å². The number of aryl methyl sites for hydroxylation is 2. The standard InChI is InChI=1S/C14H20O2/c1-4-7-14(15-8-9-16-14)13-6-5-11(2)12(3)10-13/h5-6,10H,4,7-9H2,1-3H3. The van der Waals surface area contributed by atoms with Crippen molar-refractivity contribution in [2.45, 2.75) is 39.4 Å². The summed E-state index contributed by atoms with van der Waals surface area (Å²) in [6.07, 6.45) is 1.99. The first kappa shape index (κ1) is 11.6. The second-order valence-corrected chi connectivity index (χ2v) is 4.50. The smallest absolute Gasteiger partial charge is 0.194 e. The van der Waals surface area contributed by atoms with Crippen molar-refractivity contribution in [1.29, 1.82) is 0 Å². The largest absolute Gasteiger partial charge is 0.343 e. The van der Waals surface area contributed by atoms with Gasteiger partial charge in [0.25, 0.3) is 0 Å².